The molecule has 0 amide bonds. The molecule has 0 aliphatic rings. The van der Waals surface area contributed by atoms with E-state index in [2.05, 4.69) is 13.8 Å². The average molecular weight is 225 g/mol. The number of hydrogen-bond donors (Lipinski definition) is 0. The fourth-order valence-electron chi connectivity index (χ4n) is 0.780. The molecule has 62 valence electrons. The summed E-state index contributed by atoms with van der Waals surface area (Å²) in [5, 5.41) is 0. The third-order valence-electron chi connectivity index (χ3n) is 1.35. The Bertz CT molecular complexity index is 42.5. The van der Waals surface area contributed by atoms with Crippen LogP contribution in [0.4, 0.5) is 0 Å². The molecule has 0 fully saturated rings. The van der Waals surface area contributed by atoms with Crippen LogP contribution in [0, 0.1) is 6.92 Å². The van der Waals surface area contributed by atoms with Crippen molar-refractivity contribution >= 4 is 0 Å². The third kappa shape index (κ3) is 15.8. The first-order valence-electron chi connectivity index (χ1n) is 3.87. The summed E-state index contributed by atoms with van der Waals surface area (Å²) < 4.78 is 8.26. The monoisotopic (exact) mass is 227 g/mol. The number of rotatable bonds is 5. The van der Waals surface area contributed by atoms with E-state index in [0.717, 1.165) is 6.42 Å². The summed E-state index contributed by atoms with van der Waals surface area (Å²) >= 11 is 0.700. The molecule has 0 aromatic heterocycles. The fourth-order valence-corrected chi connectivity index (χ4v) is 0.780. The average Bonchev–Trinajstić information content (AvgIpc) is 2.02. The van der Waals surface area contributed by atoms with Crippen LogP contribution in [0.5, 0.6) is 0 Å². The van der Waals surface area contributed by atoms with Crippen LogP contribution in [0.2, 0.25) is 0 Å². The van der Waals surface area contributed by atoms with Gasteiger partial charge in [0.2, 0.25) is 0 Å². The van der Waals surface area contributed by atoms with Gasteiger partial charge in [0.1, 0.15) is 0 Å². The van der Waals surface area contributed by atoms with Crippen molar-refractivity contribution in [2.24, 2.45) is 0 Å². The van der Waals surface area contributed by atoms with Gasteiger partial charge in [0.05, 0.1) is 0 Å². The normalized spacial score (nSPS) is 8.20. The van der Waals surface area contributed by atoms with E-state index < -0.39 is 0 Å². The molecular weight excluding hydrogens is 208 g/mol. The topological polar surface area (TPSA) is 17.1 Å². The standard InChI is InChI=1S/C8H17.Mo.O/c1-3-5-7-8-6-4-2;;/h1,3-8H2,2H3;;/q-1;;. The van der Waals surface area contributed by atoms with Gasteiger partial charge in [0.25, 0.3) is 0 Å². The molecule has 0 bridgehead atoms. The molecular formula is C8H17MoO-. The van der Waals surface area contributed by atoms with Crippen molar-refractivity contribution < 1.29 is 23.2 Å². The zero-order valence-corrected chi connectivity index (χ0v) is 8.77. The van der Waals surface area contributed by atoms with E-state index in [9.17, 15) is 0 Å². The van der Waals surface area contributed by atoms with E-state index in [0.29, 0.717) is 19.8 Å². The van der Waals surface area contributed by atoms with Crippen LogP contribution >= 0.6 is 0 Å². The van der Waals surface area contributed by atoms with Crippen LogP contribution in [-0.2, 0) is 23.2 Å². The van der Waals surface area contributed by atoms with Crippen LogP contribution in [0.25, 0.3) is 0 Å². The summed E-state index contributed by atoms with van der Waals surface area (Å²) in [6, 6.07) is 0. The Labute approximate surface area is 75.8 Å². The molecule has 0 rings (SSSR count). The summed E-state index contributed by atoms with van der Waals surface area (Å²) in [6.45, 7) is 6.02. The van der Waals surface area contributed by atoms with Gasteiger partial charge < -0.3 is 6.92 Å². The molecule has 0 saturated heterocycles. The zero-order valence-electron chi connectivity index (χ0n) is 6.77. The molecule has 1 nitrogen and oxygen atoms in total. The van der Waals surface area contributed by atoms with Gasteiger partial charge in [-0.15, -0.1) is 0 Å². The van der Waals surface area contributed by atoms with Crippen molar-refractivity contribution in [2.45, 2.75) is 45.4 Å². The number of unbranched alkanes of at least 4 members (excludes halogenated alkanes) is 5. The quantitative estimate of drug-likeness (QED) is 0.399. The summed E-state index contributed by atoms with van der Waals surface area (Å²) in [6.07, 6.45) is 7.98. The van der Waals surface area contributed by atoms with E-state index in [4.69, 9.17) is 3.40 Å². The number of hydrogen-bond acceptors (Lipinski definition) is 1. The molecule has 0 aromatic carbocycles. The van der Waals surface area contributed by atoms with Gasteiger partial charge in [0, 0.05) is 0 Å². The van der Waals surface area contributed by atoms with E-state index in [1.807, 2.05) is 0 Å². The summed E-state index contributed by atoms with van der Waals surface area (Å²) in [4.78, 5) is 0. The van der Waals surface area contributed by atoms with Gasteiger partial charge in [0.15, 0.2) is 0 Å². The van der Waals surface area contributed by atoms with E-state index >= 15 is 0 Å². The van der Waals surface area contributed by atoms with E-state index in [1.54, 1.807) is 0 Å². The van der Waals surface area contributed by atoms with Crippen LogP contribution in [0.1, 0.15) is 45.4 Å². The molecule has 0 heterocycles. The third-order valence-corrected chi connectivity index (χ3v) is 1.35. The Hall–Kier alpha value is 0.488. The van der Waals surface area contributed by atoms with Gasteiger partial charge in [-0.25, -0.2) is 0 Å². The summed E-state index contributed by atoms with van der Waals surface area (Å²) in [5.41, 5.74) is 0. The summed E-state index contributed by atoms with van der Waals surface area (Å²) in [7, 11) is 0. The van der Waals surface area contributed by atoms with Crippen molar-refractivity contribution in [3.63, 3.8) is 0 Å². The van der Waals surface area contributed by atoms with E-state index in [-0.39, 0.29) is 0 Å². The second-order valence-corrected chi connectivity index (χ2v) is 2.27. The van der Waals surface area contributed by atoms with Crippen LogP contribution in [0.3, 0.4) is 0 Å². The van der Waals surface area contributed by atoms with Gasteiger partial charge in [-0.2, -0.15) is 6.42 Å². The minimum atomic E-state index is 0.700. The first-order valence-corrected chi connectivity index (χ1v) is 4.69. The molecule has 10 heavy (non-hydrogen) atoms. The molecule has 0 radical (unpaired) electrons. The van der Waals surface area contributed by atoms with Gasteiger partial charge in [-0.3, -0.25) is 0 Å². The Morgan fingerprint density at radius 1 is 1.10 bits per heavy atom. The molecule has 0 unspecified atom stereocenters. The fraction of sp³-hybridized carbons (Fsp3) is 0.875. The molecule has 0 saturated carbocycles. The second-order valence-electron chi connectivity index (χ2n) is 2.27. The maximum atomic E-state index is 8.26. The van der Waals surface area contributed by atoms with Gasteiger partial charge in [-0.05, 0) is 0 Å². The molecule has 2 heteroatoms. The van der Waals surface area contributed by atoms with Gasteiger partial charge >= 0.3 is 23.2 Å². The van der Waals surface area contributed by atoms with Crippen molar-refractivity contribution in [2.75, 3.05) is 0 Å². The maximum absolute atomic E-state index is 8.26. The van der Waals surface area contributed by atoms with Crippen molar-refractivity contribution in [3.05, 3.63) is 6.92 Å². The Kier molecular flexibility index (Phi) is 21.3. The first-order chi connectivity index (χ1) is 4.91. The SMILES string of the molecule is [CH2-]CCCCCCC.[O]=[Mo]. The van der Waals surface area contributed by atoms with Crippen LogP contribution < -0.4 is 0 Å². The minimum absolute atomic E-state index is 0.700. The van der Waals surface area contributed by atoms with Crippen LogP contribution in [0.15, 0.2) is 0 Å². The molecule has 0 aromatic rings. The zero-order chi connectivity index (χ0) is 8.24. The Morgan fingerprint density at radius 3 is 2.00 bits per heavy atom. The Morgan fingerprint density at radius 2 is 1.60 bits per heavy atom. The van der Waals surface area contributed by atoms with E-state index in [1.165, 1.54) is 32.1 Å². The Balaban J connectivity index is 0. The van der Waals surface area contributed by atoms with Crippen molar-refractivity contribution in [1.29, 1.82) is 0 Å². The molecule has 0 spiro atoms. The predicted molar refractivity (Wildman–Crippen MR) is 39.4 cm³/mol. The van der Waals surface area contributed by atoms with Gasteiger partial charge in [-0.1, -0.05) is 39.0 Å². The second kappa shape index (κ2) is 16.2. The molecule has 0 atom stereocenters. The molecule has 0 aliphatic heterocycles. The molecule has 0 N–H and O–H groups in total. The molecule has 0 aliphatic carbocycles. The van der Waals surface area contributed by atoms with Crippen molar-refractivity contribution in [3.8, 4) is 0 Å². The summed E-state index contributed by atoms with van der Waals surface area (Å²) in [5.74, 6) is 0. The first kappa shape index (κ1) is 13.1. The van der Waals surface area contributed by atoms with Crippen LogP contribution in [-0.4, -0.2) is 0 Å². The predicted octanol–water partition coefficient (Wildman–Crippen LogP) is 3.06. The van der Waals surface area contributed by atoms with Crippen molar-refractivity contribution in [1.82, 2.24) is 0 Å².